The van der Waals surface area contributed by atoms with Crippen LogP contribution in [0.15, 0.2) is 66.7 Å². The molecule has 4 aromatic rings. The molecule has 1 aliphatic rings. The van der Waals surface area contributed by atoms with Crippen LogP contribution in [0.2, 0.25) is 10.0 Å². The molecule has 0 aliphatic carbocycles. The highest BCUT2D eigenvalue weighted by atomic mass is 35.5. The van der Waals surface area contributed by atoms with Crippen LogP contribution >= 0.6 is 23.2 Å². The first-order valence-electron chi connectivity index (χ1n) is 11.3. The molecule has 1 amide bonds. The fourth-order valence-electron chi connectivity index (χ4n) is 4.35. The second-order valence-corrected chi connectivity index (χ2v) is 9.48. The van der Waals surface area contributed by atoms with E-state index in [1.165, 1.54) is 5.56 Å². The monoisotopic (exact) mass is 490 g/mol. The highest BCUT2D eigenvalue weighted by molar-refractivity contribution is 6.36. The van der Waals surface area contributed by atoms with Crippen LogP contribution in [0.3, 0.4) is 0 Å². The molecule has 0 saturated carbocycles. The molecule has 1 aliphatic heterocycles. The fraction of sp³-hybridized carbons (Fsp3) is 0.222. The number of piperidine rings is 1. The van der Waals surface area contributed by atoms with Crippen molar-refractivity contribution in [3.63, 3.8) is 0 Å². The standard InChI is InChI=1S/C27H24Cl2N4O/c1-17-7-9-23-21(15-17)25(18-5-3-2-4-6-18)32-27(31-23)33-13-11-19(12-14-33)26(34)30-24-10-8-20(28)16-22(24)29/h2-10,15-16,19H,11-14H2,1H3,(H,30,34). The molecular weight excluding hydrogens is 467 g/mol. The molecule has 5 nitrogen and oxygen atoms in total. The van der Waals surface area contributed by atoms with Crippen molar-refractivity contribution in [1.82, 2.24) is 9.97 Å². The number of nitrogens with one attached hydrogen (secondary N) is 1. The van der Waals surface area contributed by atoms with E-state index < -0.39 is 0 Å². The van der Waals surface area contributed by atoms with Gasteiger partial charge in [-0.15, -0.1) is 0 Å². The minimum Gasteiger partial charge on any atom is -0.341 e. The van der Waals surface area contributed by atoms with Crippen molar-refractivity contribution in [3.05, 3.63) is 82.3 Å². The Morgan fingerprint density at radius 1 is 0.971 bits per heavy atom. The summed E-state index contributed by atoms with van der Waals surface area (Å²) in [5.74, 6) is 0.582. The summed E-state index contributed by atoms with van der Waals surface area (Å²) in [6.45, 7) is 3.49. The number of aryl methyl sites for hydroxylation is 1. The van der Waals surface area contributed by atoms with Gasteiger partial charge in [0.2, 0.25) is 11.9 Å². The normalized spacial score (nSPS) is 14.4. The first-order valence-corrected chi connectivity index (χ1v) is 12.1. The number of rotatable bonds is 4. The molecule has 5 rings (SSSR count). The predicted molar refractivity (Wildman–Crippen MR) is 140 cm³/mol. The van der Waals surface area contributed by atoms with Crippen molar-refractivity contribution in [2.24, 2.45) is 5.92 Å². The third-order valence-corrected chi connectivity index (χ3v) is 6.77. The third kappa shape index (κ3) is 4.72. The van der Waals surface area contributed by atoms with Gasteiger partial charge in [0, 0.05) is 35.0 Å². The van der Waals surface area contributed by atoms with Crippen molar-refractivity contribution in [1.29, 1.82) is 0 Å². The predicted octanol–water partition coefficient (Wildman–Crippen LogP) is 6.77. The second kappa shape index (κ2) is 9.61. The molecule has 172 valence electrons. The molecule has 1 N–H and O–H groups in total. The number of benzene rings is 3. The van der Waals surface area contributed by atoms with Gasteiger partial charge in [-0.3, -0.25) is 4.79 Å². The van der Waals surface area contributed by atoms with E-state index in [2.05, 4.69) is 47.5 Å². The molecule has 0 bridgehead atoms. The first kappa shape index (κ1) is 22.6. The van der Waals surface area contributed by atoms with E-state index >= 15 is 0 Å². The van der Waals surface area contributed by atoms with E-state index in [0.29, 0.717) is 47.6 Å². The van der Waals surface area contributed by atoms with Gasteiger partial charge in [-0.2, -0.15) is 0 Å². The first-order chi connectivity index (χ1) is 16.5. The number of nitrogens with zero attached hydrogens (tertiary/aromatic N) is 3. The lowest BCUT2D eigenvalue weighted by Crippen LogP contribution is -2.39. The number of aromatic nitrogens is 2. The smallest absolute Gasteiger partial charge is 0.227 e. The zero-order chi connectivity index (χ0) is 23.7. The van der Waals surface area contributed by atoms with Crippen LogP contribution in [0.1, 0.15) is 18.4 Å². The summed E-state index contributed by atoms with van der Waals surface area (Å²) in [5.41, 5.74) is 4.68. The number of carbonyl (C=O) groups excluding carboxylic acids is 1. The van der Waals surface area contributed by atoms with Gasteiger partial charge in [-0.05, 0) is 50.1 Å². The van der Waals surface area contributed by atoms with Crippen LogP contribution in [-0.4, -0.2) is 29.0 Å². The molecule has 7 heteroatoms. The number of hydrogen-bond acceptors (Lipinski definition) is 4. The lowest BCUT2D eigenvalue weighted by atomic mass is 9.96. The van der Waals surface area contributed by atoms with Crippen LogP contribution in [0, 0.1) is 12.8 Å². The van der Waals surface area contributed by atoms with E-state index in [1.807, 2.05) is 18.2 Å². The average molecular weight is 491 g/mol. The molecule has 0 unspecified atom stereocenters. The summed E-state index contributed by atoms with van der Waals surface area (Å²) in [4.78, 5) is 24.9. The van der Waals surface area contributed by atoms with Crippen LogP contribution in [-0.2, 0) is 4.79 Å². The Kier molecular flexibility index (Phi) is 6.40. The SMILES string of the molecule is Cc1ccc2nc(N3CCC(C(=O)Nc4ccc(Cl)cc4Cl)CC3)nc(-c3ccccc3)c2c1. The fourth-order valence-corrected chi connectivity index (χ4v) is 4.81. The largest absolute Gasteiger partial charge is 0.341 e. The van der Waals surface area contributed by atoms with Crippen LogP contribution < -0.4 is 10.2 Å². The van der Waals surface area contributed by atoms with Gasteiger partial charge in [-0.25, -0.2) is 9.97 Å². The number of fused-ring (bicyclic) bond motifs is 1. The minimum atomic E-state index is -0.0975. The lowest BCUT2D eigenvalue weighted by molar-refractivity contribution is -0.120. The summed E-state index contributed by atoms with van der Waals surface area (Å²) in [6, 6.07) is 21.5. The maximum absolute atomic E-state index is 12.8. The highest BCUT2D eigenvalue weighted by Gasteiger charge is 2.27. The number of hydrogen-bond donors (Lipinski definition) is 1. The van der Waals surface area contributed by atoms with E-state index in [4.69, 9.17) is 33.2 Å². The number of halogens is 2. The van der Waals surface area contributed by atoms with Crippen molar-refractivity contribution >= 4 is 51.6 Å². The van der Waals surface area contributed by atoms with Crippen LogP contribution in [0.25, 0.3) is 22.2 Å². The Morgan fingerprint density at radius 3 is 2.47 bits per heavy atom. The van der Waals surface area contributed by atoms with E-state index in [-0.39, 0.29) is 11.8 Å². The van der Waals surface area contributed by atoms with Gasteiger partial charge < -0.3 is 10.2 Å². The van der Waals surface area contributed by atoms with Crippen molar-refractivity contribution in [2.45, 2.75) is 19.8 Å². The van der Waals surface area contributed by atoms with E-state index in [9.17, 15) is 4.79 Å². The minimum absolute atomic E-state index is 0.0243. The van der Waals surface area contributed by atoms with Gasteiger partial charge >= 0.3 is 0 Å². The number of anilines is 2. The Hall–Kier alpha value is -3.15. The van der Waals surface area contributed by atoms with E-state index in [0.717, 1.165) is 22.2 Å². The quantitative estimate of drug-likeness (QED) is 0.343. The topological polar surface area (TPSA) is 58.1 Å². The van der Waals surface area contributed by atoms with Crippen molar-refractivity contribution in [2.75, 3.05) is 23.3 Å². The molecule has 0 spiro atoms. The van der Waals surface area contributed by atoms with Crippen molar-refractivity contribution in [3.8, 4) is 11.3 Å². The van der Waals surface area contributed by atoms with Crippen molar-refractivity contribution < 1.29 is 4.79 Å². The summed E-state index contributed by atoms with van der Waals surface area (Å²) in [6.07, 6.45) is 1.43. The molecule has 1 saturated heterocycles. The summed E-state index contributed by atoms with van der Waals surface area (Å²) in [5, 5.41) is 4.96. The van der Waals surface area contributed by atoms with Gasteiger partial charge in [0.1, 0.15) is 0 Å². The summed E-state index contributed by atoms with van der Waals surface area (Å²) < 4.78 is 0. The molecular formula is C27H24Cl2N4O. The summed E-state index contributed by atoms with van der Waals surface area (Å²) in [7, 11) is 0. The Bertz CT molecular complexity index is 1350. The maximum Gasteiger partial charge on any atom is 0.227 e. The Morgan fingerprint density at radius 2 is 1.74 bits per heavy atom. The van der Waals surface area contributed by atoms with Gasteiger partial charge in [0.25, 0.3) is 0 Å². The van der Waals surface area contributed by atoms with Gasteiger partial charge in [-0.1, -0.05) is 65.2 Å². The molecule has 0 radical (unpaired) electrons. The Labute approximate surface area is 208 Å². The zero-order valence-corrected chi connectivity index (χ0v) is 20.3. The van der Waals surface area contributed by atoms with Gasteiger partial charge in [0.05, 0.1) is 21.9 Å². The van der Waals surface area contributed by atoms with Crippen LogP contribution in [0.5, 0.6) is 0 Å². The highest BCUT2D eigenvalue weighted by Crippen LogP contribution is 2.31. The number of carbonyl (C=O) groups is 1. The number of amides is 1. The second-order valence-electron chi connectivity index (χ2n) is 8.63. The molecule has 0 atom stereocenters. The Balaban J connectivity index is 1.35. The zero-order valence-electron chi connectivity index (χ0n) is 18.8. The third-order valence-electron chi connectivity index (χ3n) is 6.22. The molecule has 2 heterocycles. The maximum atomic E-state index is 12.8. The van der Waals surface area contributed by atoms with Crippen LogP contribution in [0.4, 0.5) is 11.6 Å². The summed E-state index contributed by atoms with van der Waals surface area (Å²) >= 11 is 12.2. The molecule has 1 fully saturated rings. The molecule has 34 heavy (non-hydrogen) atoms. The average Bonchev–Trinajstić information content (AvgIpc) is 2.85. The molecule has 3 aromatic carbocycles. The lowest BCUT2D eigenvalue weighted by Gasteiger charge is -2.31. The van der Waals surface area contributed by atoms with E-state index in [1.54, 1.807) is 18.2 Å². The molecule has 1 aromatic heterocycles. The van der Waals surface area contributed by atoms with Gasteiger partial charge in [0.15, 0.2) is 0 Å².